The Labute approximate surface area is 55.3 Å². The number of aliphatic imine (C=N–C) groups is 1. The molecule has 0 aromatic carbocycles. The molecule has 0 aliphatic rings. The summed E-state index contributed by atoms with van der Waals surface area (Å²) in [6, 6.07) is 0. The molecule has 0 aromatic rings. The summed E-state index contributed by atoms with van der Waals surface area (Å²) in [5.41, 5.74) is 0. The lowest BCUT2D eigenvalue weighted by Gasteiger charge is -1.91. The molecule has 0 unspecified atom stereocenters. The van der Waals surface area contributed by atoms with Gasteiger partial charge in [-0.25, -0.2) is 0 Å². The van der Waals surface area contributed by atoms with Gasteiger partial charge in [-0.1, -0.05) is 13.8 Å². The van der Waals surface area contributed by atoms with Crippen molar-refractivity contribution in [2.24, 2.45) is 10.9 Å². The number of hydrogen-bond acceptors (Lipinski definition) is 1. The van der Waals surface area contributed by atoms with Gasteiger partial charge in [0, 0.05) is 5.92 Å². The van der Waals surface area contributed by atoms with Crippen LogP contribution in [-0.4, -0.2) is 11.8 Å². The molecule has 0 aromatic heterocycles. The van der Waals surface area contributed by atoms with Crippen LogP contribution in [0.2, 0.25) is 0 Å². The average Bonchev–Trinajstić information content (AvgIpc) is 1.82. The zero-order valence-corrected chi connectivity index (χ0v) is 6.01. The monoisotopic (exact) mass is 125 g/mol. The molecule has 0 heterocycles. The van der Waals surface area contributed by atoms with Crippen LogP contribution in [0.1, 0.15) is 20.8 Å². The van der Waals surface area contributed by atoms with E-state index in [1.807, 2.05) is 13.8 Å². The predicted molar refractivity (Wildman–Crippen MR) is 37.5 cm³/mol. The zero-order chi connectivity index (χ0) is 7.28. The Kier molecular flexibility index (Phi) is 3.65. The van der Waals surface area contributed by atoms with Crippen molar-refractivity contribution in [1.82, 2.24) is 0 Å². The van der Waals surface area contributed by atoms with E-state index in [1.54, 1.807) is 13.0 Å². The van der Waals surface area contributed by atoms with Gasteiger partial charge in [-0.3, -0.25) is 4.79 Å². The molecule has 50 valence electrons. The quantitative estimate of drug-likeness (QED) is 0.487. The number of hydrogen-bond donors (Lipinski definition) is 0. The van der Waals surface area contributed by atoms with Gasteiger partial charge in [0.1, 0.15) is 0 Å². The van der Waals surface area contributed by atoms with Crippen LogP contribution in [0.3, 0.4) is 0 Å². The molecule has 2 heteroatoms. The summed E-state index contributed by atoms with van der Waals surface area (Å²) in [6.45, 7) is 5.39. The lowest BCUT2D eigenvalue weighted by Crippen LogP contribution is -2.01. The number of amides is 1. The highest BCUT2D eigenvalue weighted by atomic mass is 16.1. The largest absolute Gasteiger partial charge is 0.272 e. The SMILES string of the molecule is CC=C=NC(=O)C(C)C. The molecular weight excluding hydrogens is 114 g/mol. The van der Waals surface area contributed by atoms with E-state index in [4.69, 9.17) is 0 Å². The number of allylic oxidation sites excluding steroid dienone is 1. The van der Waals surface area contributed by atoms with Crippen molar-refractivity contribution in [3.8, 4) is 0 Å². The fraction of sp³-hybridized carbons (Fsp3) is 0.571. The zero-order valence-electron chi connectivity index (χ0n) is 6.01. The van der Waals surface area contributed by atoms with Crippen LogP contribution in [0, 0.1) is 5.92 Å². The van der Waals surface area contributed by atoms with Crippen LogP contribution >= 0.6 is 0 Å². The van der Waals surface area contributed by atoms with Crippen molar-refractivity contribution in [3.05, 3.63) is 6.08 Å². The summed E-state index contributed by atoms with van der Waals surface area (Å²) in [5.74, 6) is 2.35. The Morgan fingerprint density at radius 2 is 2.22 bits per heavy atom. The summed E-state index contributed by atoms with van der Waals surface area (Å²) in [5, 5.41) is 0. The van der Waals surface area contributed by atoms with Crippen LogP contribution in [0.15, 0.2) is 11.1 Å². The van der Waals surface area contributed by atoms with E-state index in [0.717, 1.165) is 0 Å². The summed E-state index contributed by atoms with van der Waals surface area (Å²) >= 11 is 0. The summed E-state index contributed by atoms with van der Waals surface area (Å²) in [6.07, 6.45) is 1.61. The van der Waals surface area contributed by atoms with Gasteiger partial charge >= 0.3 is 0 Å². The van der Waals surface area contributed by atoms with Crippen molar-refractivity contribution in [3.63, 3.8) is 0 Å². The number of nitrogens with zero attached hydrogens (tertiary/aromatic N) is 1. The Morgan fingerprint density at radius 1 is 1.67 bits per heavy atom. The van der Waals surface area contributed by atoms with E-state index < -0.39 is 0 Å². The minimum Gasteiger partial charge on any atom is -0.272 e. The molecule has 0 rings (SSSR count). The maximum atomic E-state index is 10.7. The van der Waals surface area contributed by atoms with E-state index in [0.29, 0.717) is 0 Å². The van der Waals surface area contributed by atoms with Gasteiger partial charge in [0.15, 0.2) is 0 Å². The first-order chi connectivity index (χ1) is 4.18. The van der Waals surface area contributed by atoms with Crippen molar-refractivity contribution in [2.45, 2.75) is 20.8 Å². The van der Waals surface area contributed by atoms with Gasteiger partial charge in [0.05, 0.1) is 0 Å². The molecule has 0 bridgehead atoms. The van der Waals surface area contributed by atoms with Crippen LogP contribution < -0.4 is 0 Å². The fourth-order valence-electron chi connectivity index (χ4n) is 0.257. The molecule has 0 atom stereocenters. The molecule has 1 amide bonds. The second-order valence-corrected chi connectivity index (χ2v) is 2.02. The summed E-state index contributed by atoms with van der Waals surface area (Å²) in [4.78, 5) is 14.2. The summed E-state index contributed by atoms with van der Waals surface area (Å²) in [7, 11) is 0. The van der Waals surface area contributed by atoms with Gasteiger partial charge in [0.2, 0.25) is 0 Å². The van der Waals surface area contributed by atoms with Crippen LogP contribution in [0.5, 0.6) is 0 Å². The third-order valence-corrected chi connectivity index (χ3v) is 0.798. The molecule has 0 aliphatic heterocycles. The molecule has 2 nitrogen and oxygen atoms in total. The molecule has 0 N–H and O–H groups in total. The van der Waals surface area contributed by atoms with Gasteiger partial charge in [-0.05, 0) is 18.9 Å². The normalized spacial score (nSPS) is 8.44. The Balaban J connectivity index is 3.93. The topological polar surface area (TPSA) is 29.4 Å². The summed E-state index contributed by atoms with van der Waals surface area (Å²) < 4.78 is 0. The first-order valence-corrected chi connectivity index (χ1v) is 2.96. The van der Waals surface area contributed by atoms with E-state index in [-0.39, 0.29) is 11.8 Å². The van der Waals surface area contributed by atoms with Crippen molar-refractivity contribution < 1.29 is 4.79 Å². The van der Waals surface area contributed by atoms with Crippen LogP contribution in [-0.2, 0) is 4.79 Å². The van der Waals surface area contributed by atoms with E-state index in [1.165, 1.54) is 0 Å². The first kappa shape index (κ1) is 8.12. The molecule has 0 fully saturated rings. The lowest BCUT2D eigenvalue weighted by atomic mass is 10.2. The Hall–Kier alpha value is -0.880. The highest BCUT2D eigenvalue weighted by Crippen LogP contribution is 1.92. The maximum Gasteiger partial charge on any atom is 0.256 e. The van der Waals surface area contributed by atoms with Crippen molar-refractivity contribution >= 4 is 11.8 Å². The molecule has 0 saturated carbocycles. The van der Waals surface area contributed by atoms with Crippen molar-refractivity contribution in [1.29, 1.82) is 0 Å². The molecule has 0 radical (unpaired) electrons. The minimum atomic E-state index is -0.117. The van der Waals surface area contributed by atoms with Gasteiger partial charge < -0.3 is 0 Å². The second-order valence-electron chi connectivity index (χ2n) is 2.02. The van der Waals surface area contributed by atoms with Crippen LogP contribution in [0.25, 0.3) is 0 Å². The highest BCUT2D eigenvalue weighted by Gasteiger charge is 2.01. The molecular formula is C7H11NO. The Morgan fingerprint density at radius 3 is 2.56 bits per heavy atom. The number of carbonyl (C=O) groups is 1. The Bertz CT molecular complexity index is 152. The standard InChI is InChI=1S/C7H11NO/c1-4-5-8-7(9)6(2)3/h4,6H,1-3H3. The minimum absolute atomic E-state index is 0.0163. The lowest BCUT2D eigenvalue weighted by molar-refractivity contribution is -0.120. The maximum absolute atomic E-state index is 10.7. The predicted octanol–water partition coefficient (Wildman–Crippen LogP) is 1.41. The molecule has 0 saturated heterocycles. The van der Waals surface area contributed by atoms with Gasteiger partial charge in [-0.15, -0.1) is 0 Å². The highest BCUT2D eigenvalue weighted by molar-refractivity contribution is 5.84. The number of rotatable bonds is 1. The van der Waals surface area contributed by atoms with Crippen molar-refractivity contribution in [2.75, 3.05) is 0 Å². The van der Waals surface area contributed by atoms with Crippen LogP contribution in [0.4, 0.5) is 0 Å². The fourth-order valence-corrected chi connectivity index (χ4v) is 0.257. The number of carbonyl (C=O) groups excluding carboxylic acids is 1. The second kappa shape index (κ2) is 4.04. The van der Waals surface area contributed by atoms with Gasteiger partial charge in [-0.2, -0.15) is 4.99 Å². The average molecular weight is 125 g/mol. The van der Waals surface area contributed by atoms with E-state index in [9.17, 15) is 4.79 Å². The van der Waals surface area contributed by atoms with E-state index >= 15 is 0 Å². The first-order valence-electron chi connectivity index (χ1n) is 2.96. The third-order valence-electron chi connectivity index (χ3n) is 0.798. The van der Waals surface area contributed by atoms with E-state index in [2.05, 4.69) is 10.9 Å². The smallest absolute Gasteiger partial charge is 0.256 e. The molecule has 9 heavy (non-hydrogen) atoms. The van der Waals surface area contributed by atoms with Gasteiger partial charge in [0.25, 0.3) is 5.91 Å². The third kappa shape index (κ3) is 3.68. The molecule has 0 spiro atoms. The molecule has 0 aliphatic carbocycles.